The van der Waals surface area contributed by atoms with E-state index < -0.39 is 0 Å². The van der Waals surface area contributed by atoms with Gasteiger partial charge in [-0.1, -0.05) is 32.2 Å². The molecule has 1 atom stereocenters. The summed E-state index contributed by atoms with van der Waals surface area (Å²) in [6.45, 7) is 6.61. The molecule has 0 aromatic carbocycles. The van der Waals surface area contributed by atoms with Crippen LogP contribution in [-0.2, 0) is 0 Å². The molecule has 1 nitrogen and oxygen atoms in total. The molecule has 9 heavy (non-hydrogen) atoms. The van der Waals surface area contributed by atoms with E-state index in [4.69, 9.17) is 5.14 Å². The van der Waals surface area contributed by atoms with E-state index in [0.29, 0.717) is 4.75 Å². The summed E-state index contributed by atoms with van der Waals surface area (Å²) in [5, 5.41) is 5.52. The van der Waals surface area contributed by atoms with E-state index in [0.717, 1.165) is 0 Å². The molecule has 0 heterocycles. The van der Waals surface area contributed by atoms with Gasteiger partial charge in [0.1, 0.15) is 0 Å². The van der Waals surface area contributed by atoms with Gasteiger partial charge in [0.2, 0.25) is 0 Å². The second-order valence-electron chi connectivity index (χ2n) is 2.67. The average molecular weight is 147 g/mol. The van der Waals surface area contributed by atoms with Crippen LogP contribution >= 0.6 is 11.9 Å². The lowest BCUT2D eigenvalue weighted by molar-refractivity contribution is 0.560. The largest absolute Gasteiger partial charge is 0.277 e. The molecule has 0 aliphatic heterocycles. The fourth-order valence-electron chi connectivity index (χ4n) is 0.848. The Bertz CT molecular complexity index is 69.3. The first kappa shape index (κ1) is 9.31. The third-order valence-corrected chi connectivity index (χ3v) is 2.87. The Kier molecular flexibility index (Phi) is 4.32. The number of nitrogens with two attached hydrogens (primary N) is 1. The quantitative estimate of drug-likeness (QED) is 0.618. The van der Waals surface area contributed by atoms with Gasteiger partial charge in [0.15, 0.2) is 0 Å². The molecule has 0 unspecified atom stereocenters. The van der Waals surface area contributed by atoms with Gasteiger partial charge >= 0.3 is 0 Å². The third-order valence-electron chi connectivity index (χ3n) is 1.81. The van der Waals surface area contributed by atoms with Gasteiger partial charge < -0.3 is 0 Å². The Hall–Kier alpha value is 0.310. The van der Waals surface area contributed by atoms with Crippen LogP contribution in [0.5, 0.6) is 0 Å². The smallest absolute Gasteiger partial charge is 0.0272 e. The summed E-state index contributed by atoms with van der Waals surface area (Å²) in [6, 6.07) is 0. The molecule has 0 aliphatic carbocycles. The van der Waals surface area contributed by atoms with Gasteiger partial charge in [-0.15, -0.1) is 0 Å². The molecule has 0 rings (SSSR count). The minimum absolute atomic E-state index is 0.328. The Morgan fingerprint density at radius 3 is 2.11 bits per heavy atom. The third kappa shape index (κ3) is 3.11. The van der Waals surface area contributed by atoms with Crippen molar-refractivity contribution in [2.75, 3.05) is 0 Å². The van der Waals surface area contributed by atoms with E-state index in [1.54, 1.807) is 0 Å². The molecule has 0 saturated carbocycles. The predicted octanol–water partition coefficient (Wildman–Crippen LogP) is 2.56. The van der Waals surface area contributed by atoms with Gasteiger partial charge in [0.05, 0.1) is 0 Å². The summed E-state index contributed by atoms with van der Waals surface area (Å²) in [7, 11) is 0. The number of hydrogen-bond acceptors (Lipinski definition) is 2. The van der Waals surface area contributed by atoms with Gasteiger partial charge in [-0.05, 0) is 19.8 Å². The van der Waals surface area contributed by atoms with E-state index in [2.05, 4.69) is 20.8 Å². The molecular weight excluding hydrogens is 130 g/mol. The Balaban J connectivity index is 3.62. The molecule has 0 saturated heterocycles. The van der Waals surface area contributed by atoms with Crippen molar-refractivity contribution in [1.29, 1.82) is 0 Å². The van der Waals surface area contributed by atoms with Crippen LogP contribution < -0.4 is 5.14 Å². The Morgan fingerprint density at radius 1 is 1.44 bits per heavy atom. The first-order valence-electron chi connectivity index (χ1n) is 3.56. The molecule has 0 aliphatic rings. The fourth-order valence-corrected chi connectivity index (χ4v) is 1.34. The highest BCUT2D eigenvalue weighted by Gasteiger charge is 2.18. The lowest BCUT2D eigenvalue weighted by Crippen LogP contribution is -2.20. The fraction of sp³-hybridized carbons (Fsp3) is 1.00. The second-order valence-corrected chi connectivity index (χ2v) is 3.89. The monoisotopic (exact) mass is 147 g/mol. The normalized spacial score (nSPS) is 17.3. The maximum atomic E-state index is 5.52. The SMILES string of the molecule is CCC[C@](C)(CC)SN. The van der Waals surface area contributed by atoms with Crippen LogP contribution in [0.2, 0.25) is 0 Å². The minimum atomic E-state index is 0.328. The number of rotatable bonds is 4. The Labute approximate surface area is 62.5 Å². The van der Waals surface area contributed by atoms with Crippen molar-refractivity contribution >= 4 is 11.9 Å². The Morgan fingerprint density at radius 2 is 2.00 bits per heavy atom. The van der Waals surface area contributed by atoms with Crippen molar-refractivity contribution in [3.8, 4) is 0 Å². The maximum absolute atomic E-state index is 5.52. The van der Waals surface area contributed by atoms with Crippen LogP contribution in [0.15, 0.2) is 0 Å². The molecule has 0 fully saturated rings. The van der Waals surface area contributed by atoms with E-state index >= 15 is 0 Å². The first-order chi connectivity index (χ1) is 4.18. The van der Waals surface area contributed by atoms with Crippen molar-refractivity contribution in [2.24, 2.45) is 5.14 Å². The van der Waals surface area contributed by atoms with Crippen LogP contribution in [0, 0.1) is 0 Å². The van der Waals surface area contributed by atoms with E-state index in [1.165, 1.54) is 31.2 Å². The average Bonchev–Trinajstić information content (AvgIpc) is 1.89. The van der Waals surface area contributed by atoms with Gasteiger partial charge in [-0.3, -0.25) is 5.14 Å². The van der Waals surface area contributed by atoms with Crippen LogP contribution in [0.25, 0.3) is 0 Å². The highest BCUT2D eigenvalue weighted by molar-refractivity contribution is 7.98. The van der Waals surface area contributed by atoms with Crippen LogP contribution in [0.1, 0.15) is 40.0 Å². The highest BCUT2D eigenvalue weighted by Crippen LogP contribution is 2.28. The summed E-state index contributed by atoms with van der Waals surface area (Å²) in [4.78, 5) is 0. The standard InChI is InChI=1S/C7H17NS/c1-4-6-7(3,5-2)9-8/h4-6,8H2,1-3H3/t7-/m0/s1. The predicted molar refractivity (Wildman–Crippen MR) is 45.4 cm³/mol. The lowest BCUT2D eigenvalue weighted by Gasteiger charge is -2.23. The van der Waals surface area contributed by atoms with E-state index in [-0.39, 0.29) is 0 Å². The molecular formula is C7H17NS. The van der Waals surface area contributed by atoms with Crippen molar-refractivity contribution in [1.82, 2.24) is 0 Å². The van der Waals surface area contributed by atoms with Crippen molar-refractivity contribution in [2.45, 2.75) is 44.8 Å². The zero-order chi connectivity index (χ0) is 7.33. The molecule has 2 N–H and O–H groups in total. The van der Waals surface area contributed by atoms with Gasteiger partial charge in [-0.25, -0.2) is 0 Å². The summed E-state index contributed by atoms with van der Waals surface area (Å²) < 4.78 is 0.328. The van der Waals surface area contributed by atoms with Crippen molar-refractivity contribution in [3.63, 3.8) is 0 Å². The summed E-state index contributed by atoms with van der Waals surface area (Å²) in [5.41, 5.74) is 0. The maximum Gasteiger partial charge on any atom is 0.0272 e. The first-order valence-corrected chi connectivity index (χ1v) is 4.44. The van der Waals surface area contributed by atoms with E-state index in [1.807, 2.05) is 0 Å². The van der Waals surface area contributed by atoms with Crippen LogP contribution in [0.3, 0.4) is 0 Å². The van der Waals surface area contributed by atoms with E-state index in [9.17, 15) is 0 Å². The number of hydrogen-bond donors (Lipinski definition) is 1. The molecule has 0 radical (unpaired) electrons. The summed E-state index contributed by atoms with van der Waals surface area (Å²) in [5.74, 6) is 0. The zero-order valence-electron chi connectivity index (χ0n) is 6.61. The summed E-state index contributed by atoms with van der Waals surface area (Å²) >= 11 is 1.50. The van der Waals surface area contributed by atoms with Crippen LogP contribution in [0.4, 0.5) is 0 Å². The molecule has 0 spiro atoms. The second kappa shape index (κ2) is 4.18. The highest BCUT2D eigenvalue weighted by atomic mass is 32.2. The summed E-state index contributed by atoms with van der Waals surface area (Å²) in [6.07, 6.45) is 3.63. The van der Waals surface area contributed by atoms with Gasteiger partial charge in [0.25, 0.3) is 0 Å². The van der Waals surface area contributed by atoms with Crippen LogP contribution in [-0.4, -0.2) is 4.75 Å². The van der Waals surface area contributed by atoms with Gasteiger partial charge in [-0.2, -0.15) is 0 Å². The topological polar surface area (TPSA) is 26.0 Å². The zero-order valence-corrected chi connectivity index (χ0v) is 7.42. The molecule has 0 amide bonds. The van der Waals surface area contributed by atoms with Crippen molar-refractivity contribution in [3.05, 3.63) is 0 Å². The minimum Gasteiger partial charge on any atom is -0.277 e. The van der Waals surface area contributed by atoms with Crippen molar-refractivity contribution < 1.29 is 0 Å². The van der Waals surface area contributed by atoms with Gasteiger partial charge in [0, 0.05) is 4.75 Å². The molecule has 56 valence electrons. The molecule has 0 bridgehead atoms. The molecule has 2 heteroatoms. The molecule has 0 aromatic heterocycles. The lowest BCUT2D eigenvalue weighted by atomic mass is 10.0. The molecule has 0 aromatic rings.